The Bertz CT molecular complexity index is 782. The molecule has 2 rings (SSSR count). The number of hydrogen-bond acceptors (Lipinski definition) is 4. The van der Waals surface area contributed by atoms with Gasteiger partial charge in [0.1, 0.15) is 5.82 Å². The van der Waals surface area contributed by atoms with Crippen molar-refractivity contribution in [3.05, 3.63) is 58.4 Å². The lowest BCUT2D eigenvalue weighted by Crippen LogP contribution is -2.21. The Morgan fingerprint density at radius 3 is 2.67 bits per heavy atom. The zero-order valence-electron chi connectivity index (χ0n) is 13.1. The zero-order valence-corrected chi connectivity index (χ0v) is 14.6. The van der Waals surface area contributed by atoms with E-state index in [1.165, 1.54) is 17.8 Å². The van der Waals surface area contributed by atoms with E-state index in [2.05, 4.69) is 5.32 Å². The smallest absolute Gasteiger partial charge is 0.340 e. The molecule has 1 amide bonds. The first-order valence-electron chi connectivity index (χ1n) is 6.97. The largest absolute Gasteiger partial charge is 0.452 e. The molecule has 0 fully saturated rings. The van der Waals surface area contributed by atoms with E-state index in [0.29, 0.717) is 11.3 Å². The van der Waals surface area contributed by atoms with Crippen molar-refractivity contribution in [3.8, 4) is 0 Å². The van der Waals surface area contributed by atoms with Gasteiger partial charge in [-0.3, -0.25) is 4.79 Å². The maximum absolute atomic E-state index is 13.4. The molecular formula is C17H15ClFNO3S. The van der Waals surface area contributed by atoms with Crippen molar-refractivity contribution in [2.75, 3.05) is 18.2 Å². The van der Waals surface area contributed by atoms with E-state index in [-0.39, 0.29) is 10.6 Å². The molecular weight excluding hydrogens is 353 g/mol. The number of benzene rings is 2. The maximum atomic E-state index is 13.4. The van der Waals surface area contributed by atoms with Crippen LogP contribution in [0.4, 0.5) is 10.1 Å². The Morgan fingerprint density at radius 2 is 2.00 bits per heavy atom. The van der Waals surface area contributed by atoms with E-state index in [4.69, 9.17) is 16.3 Å². The van der Waals surface area contributed by atoms with E-state index >= 15 is 0 Å². The van der Waals surface area contributed by atoms with Crippen LogP contribution in [0.5, 0.6) is 0 Å². The summed E-state index contributed by atoms with van der Waals surface area (Å²) in [6.45, 7) is 1.13. The number of halogens is 2. The minimum atomic E-state index is -0.693. The van der Waals surface area contributed by atoms with Gasteiger partial charge in [-0.05, 0) is 49.1 Å². The van der Waals surface area contributed by atoms with E-state index in [1.807, 2.05) is 6.26 Å². The van der Waals surface area contributed by atoms with Crippen LogP contribution in [0.2, 0.25) is 5.02 Å². The molecule has 0 atom stereocenters. The van der Waals surface area contributed by atoms with E-state index < -0.39 is 24.3 Å². The first-order valence-corrected chi connectivity index (χ1v) is 8.57. The zero-order chi connectivity index (χ0) is 17.7. The molecule has 24 heavy (non-hydrogen) atoms. The number of carbonyl (C=O) groups is 2. The molecule has 4 nitrogen and oxygen atoms in total. The SMILES string of the molecule is CSc1ccc(Cl)c(C(=O)OCC(=O)Nc2ccc(C)c(F)c2)c1. The van der Waals surface area contributed by atoms with Crippen LogP contribution >= 0.6 is 23.4 Å². The molecule has 0 saturated carbocycles. The number of nitrogens with one attached hydrogen (secondary N) is 1. The predicted molar refractivity (Wildman–Crippen MR) is 93.3 cm³/mol. The van der Waals surface area contributed by atoms with Crippen molar-refractivity contribution in [1.82, 2.24) is 0 Å². The van der Waals surface area contributed by atoms with Crippen molar-refractivity contribution in [2.24, 2.45) is 0 Å². The van der Waals surface area contributed by atoms with Crippen molar-refractivity contribution >= 4 is 40.9 Å². The number of anilines is 1. The van der Waals surface area contributed by atoms with Gasteiger partial charge >= 0.3 is 5.97 Å². The van der Waals surface area contributed by atoms with Gasteiger partial charge in [0.05, 0.1) is 10.6 Å². The van der Waals surface area contributed by atoms with Crippen LogP contribution in [-0.2, 0) is 9.53 Å². The highest BCUT2D eigenvalue weighted by Gasteiger charge is 2.15. The summed E-state index contributed by atoms with van der Waals surface area (Å²) in [7, 11) is 0. The van der Waals surface area contributed by atoms with Crippen molar-refractivity contribution < 1.29 is 18.7 Å². The molecule has 0 saturated heterocycles. The van der Waals surface area contributed by atoms with E-state index in [0.717, 1.165) is 4.90 Å². The number of aryl methyl sites for hydroxylation is 1. The lowest BCUT2D eigenvalue weighted by Gasteiger charge is -2.09. The normalized spacial score (nSPS) is 10.3. The van der Waals surface area contributed by atoms with Gasteiger partial charge in [0.25, 0.3) is 5.91 Å². The molecule has 0 unspecified atom stereocenters. The molecule has 0 aromatic heterocycles. The second-order valence-electron chi connectivity index (χ2n) is 4.93. The summed E-state index contributed by atoms with van der Waals surface area (Å²) < 4.78 is 18.4. The Morgan fingerprint density at radius 1 is 1.25 bits per heavy atom. The van der Waals surface area contributed by atoms with Gasteiger partial charge in [0.2, 0.25) is 0 Å². The summed E-state index contributed by atoms with van der Waals surface area (Å²) in [5.74, 6) is -1.68. The van der Waals surface area contributed by atoms with Gasteiger partial charge in [-0.15, -0.1) is 11.8 Å². The molecule has 1 N–H and O–H groups in total. The van der Waals surface area contributed by atoms with Gasteiger partial charge < -0.3 is 10.1 Å². The average molecular weight is 368 g/mol. The lowest BCUT2D eigenvalue weighted by molar-refractivity contribution is -0.119. The molecule has 0 heterocycles. The number of carbonyl (C=O) groups excluding carboxylic acids is 2. The van der Waals surface area contributed by atoms with Crippen LogP contribution in [0.15, 0.2) is 41.3 Å². The highest BCUT2D eigenvalue weighted by molar-refractivity contribution is 7.98. The van der Waals surface area contributed by atoms with Crippen LogP contribution in [0.1, 0.15) is 15.9 Å². The van der Waals surface area contributed by atoms with Crippen molar-refractivity contribution in [1.29, 1.82) is 0 Å². The molecule has 7 heteroatoms. The molecule has 0 aliphatic rings. The van der Waals surface area contributed by atoms with Crippen LogP contribution < -0.4 is 5.32 Å². The molecule has 0 spiro atoms. The molecule has 0 bridgehead atoms. The van der Waals surface area contributed by atoms with Crippen molar-refractivity contribution in [2.45, 2.75) is 11.8 Å². The second-order valence-corrected chi connectivity index (χ2v) is 6.22. The number of rotatable bonds is 5. The molecule has 2 aromatic rings. The van der Waals surface area contributed by atoms with Crippen LogP contribution in [0, 0.1) is 12.7 Å². The van der Waals surface area contributed by atoms with Crippen LogP contribution in [0.25, 0.3) is 0 Å². The third-order valence-electron chi connectivity index (χ3n) is 3.18. The minimum Gasteiger partial charge on any atom is -0.452 e. The van der Waals surface area contributed by atoms with Gasteiger partial charge in [-0.1, -0.05) is 17.7 Å². The van der Waals surface area contributed by atoms with Crippen molar-refractivity contribution in [3.63, 3.8) is 0 Å². The fraction of sp³-hybridized carbons (Fsp3) is 0.176. The fourth-order valence-corrected chi connectivity index (χ4v) is 2.50. The third-order valence-corrected chi connectivity index (χ3v) is 4.24. The lowest BCUT2D eigenvalue weighted by atomic mass is 10.2. The number of thioether (sulfide) groups is 1. The van der Waals surface area contributed by atoms with Crippen LogP contribution in [0.3, 0.4) is 0 Å². The monoisotopic (exact) mass is 367 g/mol. The Labute approximate surface area is 148 Å². The highest BCUT2D eigenvalue weighted by atomic mass is 35.5. The average Bonchev–Trinajstić information content (AvgIpc) is 2.56. The van der Waals surface area contributed by atoms with E-state index in [1.54, 1.807) is 37.3 Å². The first-order chi connectivity index (χ1) is 11.4. The third kappa shape index (κ3) is 4.72. The first kappa shape index (κ1) is 18.3. The summed E-state index contributed by atoms with van der Waals surface area (Å²) in [5.41, 5.74) is 0.960. The summed E-state index contributed by atoms with van der Waals surface area (Å²) >= 11 is 7.43. The van der Waals surface area contributed by atoms with E-state index in [9.17, 15) is 14.0 Å². The second kappa shape index (κ2) is 8.17. The molecule has 0 aliphatic carbocycles. The molecule has 0 radical (unpaired) electrons. The summed E-state index contributed by atoms with van der Waals surface area (Å²) in [4.78, 5) is 24.7. The van der Waals surface area contributed by atoms with Crippen LogP contribution in [-0.4, -0.2) is 24.7 Å². The minimum absolute atomic E-state index is 0.192. The number of esters is 1. The predicted octanol–water partition coefficient (Wildman–Crippen LogP) is 4.30. The maximum Gasteiger partial charge on any atom is 0.340 e. The molecule has 2 aromatic carbocycles. The number of ether oxygens (including phenoxy) is 1. The quantitative estimate of drug-likeness (QED) is 0.632. The number of amides is 1. The van der Waals surface area contributed by atoms with Gasteiger partial charge in [-0.25, -0.2) is 9.18 Å². The molecule has 126 valence electrons. The summed E-state index contributed by atoms with van der Waals surface area (Å²) in [6, 6.07) is 9.29. The summed E-state index contributed by atoms with van der Waals surface area (Å²) in [6.07, 6.45) is 1.87. The standard InChI is InChI=1S/C17H15ClFNO3S/c1-10-3-4-11(7-15(10)19)20-16(21)9-23-17(22)13-8-12(24-2)5-6-14(13)18/h3-8H,9H2,1-2H3,(H,20,21). The Balaban J connectivity index is 1.96. The molecule has 0 aliphatic heterocycles. The summed E-state index contributed by atoms with van der Waals surface area (Å²) in [5, 5.41) is 2.71. The van der Waals surface area contributed by atoms with Gasteiger partial charge in [-0.2, -0.15) is 0 Å². The van der Waals surface area contributed by atoms with Gasteiger partial charge in [0, 0.05) is 10.6 Å². The van der Waals surface area contributed by atoms with Gasteiger partial charge in [0.15, 0.2) is 6.61 Å². The topological polar surface area (TPSA) is 55.4 Å². The fourth-order valence-electron chi connectivity index (χ4n) is 1.86. The highest BCUT2D eigenvalue weighted by Crippen LogP contribution is 2.23. The Hall–Kier alpha value is -2.05. The Kier molecular flexibility index (Phi) is 6.23. The number of hydrogen-bond donors (Lipinski definition) is 1.